The highest BCUT2D eigenvalue weighted by molar-refractivity contribution is 6.30. The Morgan fingerprint density at radius 1 is 1.07 bits per heavy atom. The maximum Gasteiger partial charge on any atom is 0.213 e. The predicted molar refractivity (Wildman–Crippen MR) is 100 cm³/mol. The molecule has 0 bridgehead atoms. The predicted octanol–water partition coefficient (Wildman–Crippen LogP) is 5.76. The Labute approximate surface area is 165 Å². The van der Waals surface area contributed by atoms with Gasteiger partial charge in [-0.1, -0.05) is 17.7 Å². The van der Waals surface area contributed by atoms with Crippen LogP contribution in [0.15, 0.2) is 58.0 Å². The summed E-state index contributed by atoms with van der Waals surface area (Å²) in [6, 6.07) is 12.7. The van der Waals surface area contributed by atoms with Crippen LogP contribution in [-0.2, 0) is 0 Å². The van der Waals surface area contributed by atoms with Crippen molar-refractivity contribution < 1.29 is 17.9 Å². The largest absolute Gasteiger partial charge is 0.464 e. The quantitative estimate of drug-likeness (QED) is 0.548. The van der Waals surface area contributed by atoms with Crippen LogP contribution in [0.25, 0.3) is 0 Å². The molecule has 0 N–H and O–H groups in total. The van der Waals surface area contributed by atoms with Gasteiger partial charge >= 0.3 is 0 Å². The summed E-state index contributed by atoms with van der Waals surface area (Å²) in [4.78, 5) is 0. The zero-order valence-corrected chi connectivity index (χ0v) is 15.6. The van der Waals surface area contributed by atoms with Crippen LogP contribution in [0, 0.1) is 18.6 Å². The molecule has 28 heavy (non-hydrogen) atoms. The van der Waals surface area contributed by atoms with E-state index in [4.69, 9.17) is 25.9 Å². The average molecular weight is 401 g/mol. The number of hydrogen-bond acceptors (Lipinski definition) is 4. The lowest BCUT2D eigenvalue weighted by atomic mass is 9.97. The molecule has 0 fully saturated rings. The zero-order chi connectivity index (χ0) is 19.4. The minimum atomic E-state index is -0.926. The Bertz CT molecular complexity index is 1110. The van der Waals surface area contributed by atoms with E-state index in [1.165, 1.54) is 6.07 Å². The second-order valence-corrected chi connectivity index (χ2v) is 7.32. The number of nitrogens with zero attached hydrogens (tertiary/aromatic N) is 2. The van der Waals surface area contributed by atoms with Crippen LogP contribution in [-0.4, -0.2) is 10.7 Å². The summed E-state index contributed by atoms with van der Waals surface area (Å²) in [6.45, 7) is 1.87. The molecule has 0 amide bonds. The molecule has 2 aliphatic heterocycles. The van der Waals surface area contributed by atoms with E-state index < -0.39 is 17.9 Å². The molecule has 7 heteroatoms. The highest BCUT2D eigenvalue weighted by Crippen LogP contribution is 2.48. The van der Waals surface area contributed by atoms with Gasteiger partial charge in [0.1, 0.15) is 23.0 Å². The van der Waals surface area contributed by atoms with Gasteiger partial charge in [-0.05, 0) is 49.4 Å². The molecule has 0 unspecified atom stereocenters. The van der Waals surface area contributed by atoms with Crippen molar-refractivity contribution in [3.63, 3.8) is 0 Å². The molecule has 0 aliphatic carbocycles. The van der Waals surface area contributed by atoms with Crippen molar-refractivity contribution >= 4 is 17.3 Å². The fourth-order valence-corrected chi connectivity index (χ4v) is 3.86. The molecule has 0 saturated carbocycles. The van der Waals surface area contributed by atoms with E-state index in [-0.39, 0.29) is 6.04 Å². The summed E-state index contributed by atoms with van der Waals surface area (Å²) in [5.74, 6) is 0.288. The second-order valence-electron chi connectivity index (χ2n) is 6.88. The molecular formula is C21H15ClF2N2O2. The van der Waals surface area contributed by atoms with Gasteiger partial charge in [0.25, 0.3) is 0 Å². The topological polar surface area (TPSA) is 38.0 Å². The van der Waals surface area contributed by atoms with Gasteiger partial charge in [-0.2, -0.15) is 5.10 Å². The number of rotatable bonds is 2. The number of aryl methyl sites for hydroxylation is 1. The van der Waals surface area contributed by atoms with Crippen molar-refractivity contribution in [3.05, 3.63) is 87.8 Å². The van der Waals surface area contributed by atoms with Gasteiger partial charge in [0.15, 0.2) is 11.6 Å². The summed E-state index contributed by atoms with van der Waals surface area (Å²) < 4.78 is 39.1. The Hall–Kier alpha value is -2.86. The number of fused-ring (bicyclic) bond motifs is 3. The van der Waals surface area contributed by atoms with Crippen molar-refractivity contribution in [2.24, 2.45) is 5.10 Å². The van der Waals surface area contributed by atoms with Gasteiger partial charge in [-0.3, -0.25) is 0 Å². The number of halogens is 3. The number of ether oxygens (including phenoxy) is 1. The van der Waals surface area contributed by atoms with Gasteiger partial charge < -0.3 is 9.15 Å². The van der Waals surface area contributed by atoms with E-state index >= 15 is 0 Å². The van der Waals surface area contributed by atoms with Crippen LogP contribution in [0.5, 0.6) is 5.75 Å². The van der Waals surface area contributed by atoms with Crippen LogP contribution >= 0.6 is 11.6 Å². The van der Waals surface area contributed by atoms with E-state index in [0.717, 1.165) is 29.2 Å². The van der Waals surface area contributed by atoms with Gasteiger partial charge in [-0.25, -0.2) is 13.8 Å². The van der Waals surface area contributed by atoms with Crippen LogP contribution in [0.4, 0.5) is 8.78 Å². The fourth-order valence-electron chi connectivity index (χ4n) is 3.68. The maximum absolute atomic E-state index is 13.9. The van der Waals surface area contributed by atoms with E-state index in [1.807, 2.05) is 25.1 Å². The maximum atomic E-state index is 13.9. The standard InChI is InChI=1S/C21H15ClF2N2O2/c1-11-2-6-20(27-11)17-10-18-14-9-13(22)4-7-19(14)28-21(26(18)25-17)12-3-5-15(23)16(24)8-12/h2-9,18,21H,10H2,1H3/t18-,21+/m0/s1. The Morgan fingerprint density at radius 3 is 2.68 bits per heavy atom. The van der Waals surface area contributed by atoms with Gasteiger partial charge in [0.05, 0.1) is 6.04 Å². The van der Waals surface area contributed by atoms with Crippen LogP contribution in [0.3, 0.4) is 0 Å². The molecule has 3 heterocycles. The average Bonchev–Trinajstić information content (AvgIpc) is 3.30. The SMILES string of the molecule is Cc1ccc(C2=NN3[C@@H](c4ccc(F)c(F)c4)Oc4ccc(Cl)cc4[C@@H]3C2)o1. The summed E-state index contributed by atoms with van der Waals surface area (Å²) in [6.07, 6.45) is -0.105. The smallest absolute Gasteiger partial charge is 0.213 e. The molecule has 142 valence electrons. The molecule has 1 aromatic heterocycles. The molecule has 0 saturated heterocycles. The molecule has 2 aromatic carbocycles. The fraction of sp³-hybridized carbons (Fsp3) is 0.190. The zero-order valence-electron chi connectivity index (χ0n) is 14.8. The van der Waals surface area contributed by atoms with Crippen molar-refractivity contribution in [2.75, 3.05) is 0 Å². The van der Waals surface area contributed by atoms with Gasteiger partial charge in [-0.15, -0.1) is 0 Å². The van der Waals surface area contributed by atoms with E-state index in [2.05, 4.69) is 0 Å². The van der Waals surface area contributed by atoms with Gasteiger partial charge in [0, 0.05) is 22.6 Å². The first kappa shape index (κ1) is 17.3. The van der Waals surface area contributed by atoms with Crippen LogP contribution < -0.4 is 4.74 Å². The van der Waals surface area contributed by atoms with E-state index in [1.54, 1.807) is 17.1 Å². The number of furan rings is 1. The highest BCUT2D eigenvalue weighted by atomic mass is 35.5. The number of hydrazone groups is 1. The molecule has 0 spiro atoms. The summed E-state index contributed by atoms with van der Waals surface area (Å²) in [7, 11) is 0. The second kappa shape index (κ2) is 6.34. The van der Waals surface area contributed by atoms with Crippen molar-refractivity contribution in [2.45, 2.75) is 25.6 Å². The molecule has 3 aromatic rings. The van der Waals surface area contributed by atoms with Crippen LogP contribution in [0.1, 0.15) is 41.3 Å². The third-order valence-electron chi connectivity index (χ3n) is 5.01. The van der Waals surface area contributed by atoms with Gasteiger partial charge in [0.2, 0.25) is 6.23 Å². The minimum absolute atomic E-state index is 0.152. The Morgan fingerprint density at radius 2 is 1.93 bits per heavy atom. The lowest BCUT2D eigenvalue weighted by Gasteiger charge is -2.38. The third-order valence-corrected chi connectivity index (χ3v) is 5.24. The summed E-state index contributed by atoms with van der Waals surface area (Å²) >= 11 is 6.19. The number of benzene rings is 2. The highest BCUT2D eigenvalue weighted by Gasteiger charge is 2.41. The van der Waals surface area contributed by atoms with Crippen molar-refractivity contribution in [1.82, 2.24) is 5.01 Å². The first-order chi connectivity index (χ1) is 13.5. The van der Waals surface area contributed by atoms with Crippen molar-refractivity contribution in [3.8, 4) is 5.75 Å². The molecule has 0 radical (unpaired) electrons. The van der Waals surface area contributed by atoms with E-state index in [0.29, 0.717) is 28.5 Å². The molecule has 2 atom stereocenters. The molecule has 5 rings (SSSR count). The third kappa shape index (κ3) is 2.76. The number of hydrogen-bond donors (Lipinski definition) is 0. The molecular weight excluding hydrogens is 386 g/mol. The molecule has 2 aliphatic rings. The normalized spacial score (nSPS) is 20.4. The lowest BCUT2D eigenvalue weighted by Crippen LogP contribution is -2.33. The first-order valence-corrected chi connectivity index (χ1v) is 9.21. The Balaban J connectivity index is 1.62. The van der Waals surface area contributed by atoms with Crippen LogP contribution in [0.2, 0.25) is 5.02 Å². The Kier molecular flexibility index (Phi) is 3.91. The van der Waals surface area contributed by atoms with Crippen molar-refractivity contribution in [1.29, 1.82) is 0 Å². The van der Waals surface area contributed by atoms with E-state index in [9.17, 15) is 8.78 Å². The summed E-state index contributed by atoms with van der Waals surface area (Å²) in [5, 5.41) is 7.06. The monoisotopic (exact) mass is 400 g/mol. The first-order valence-electron chi connectivity index (χ1n) is 8.83. The minimum Gasteiger partial charge on any atom is -0.464 e. The summed E-state index contributed by atoms with van der Waals surface area (Å²) in [5.41, 5.74) is 2.14. The molecule has 4 nitrogen and oxygen atoms in total. The lowest BCUT2D eigenvalue weighted by molar-refractivity contribution is -0.0192.